The quantitative estimate of drug-likeness (QED) is 0.688. The molecule has 0 aromatic heterocycles. The maximum atomic E-state index is 6.26. The van der Waals surface area contributed by atoms with Crippen molar-refractivity contribution in [3.8, 4) is 0 Å². The number of hydrogen-bond donors (Lipinski definition) is 0. The number of hydrogen-bond acceptors (Lipinski definition) is 2. The zero-order chi connectivity index (χ0) is 15.7. The molecule has 124 valence electrons. The van der Waals surface area contributed by atoms with E-state index in [1.165, 1.54) is 0 Å². The Balaban J connectivity index is 0.00000192. The third-order valence-corrected chi connectivity index (χ3v) is 4.91. The number of benzene rings is 2. The molecule has 0 amide bonds. The van der Waals surface area contributed by atoms with Crippen LogP contribution in [0.4, 0.5) is 0 Å². The first-order valence-electron chi connectivity index (χ1n) is 7.01. The Morgan fingerprint density at radius 1 is 1.00 bits per heavy atom. The monoisotopic (exact) mass is 391 g/mol. The first-order valence-corrected chi connectivity index (χ1v) is 8.14. The van der Waals surface area contributed by atoms with Crippen molar-refractivity contribution in [2.24, 2.45) is 0 Å². The minimum Gasteiger partial charge on any atom is -0.363 e. The van der Waals surface area contributed by atoms with Gasteiger partial charge in [-0.05, 0) is 42.4 Å². The summed E-state index contributed by atoms with van der Waals surface area (Å²) < 4.78 is 6.26. The van der Waals surface area contributed by atoms with Gasteiger partial charge in [0.1, 0.15) is 5.60 Å². The summed E-state index contributed by atoms with van der Waals surface area (Å²) in [5.74, 6) is 0. The van der Waals surface area contributed by atoms with E-state index >= 15 is 0 Å². The number of ether oxygens (including phenoxy) is 1. The second-order valence-corrected chi connectivity index (χ2v) is 6.96. The molecule has 0 unspecified atom stereocenters. The van der Waals surface area contributed by atoms with Crippen LogP contribution in [0.2, 0.25) is 15.1 Å². The Morgan fingerprint density at radius 3 is 2.22 bits per heavy atom. The number of halogens is 4. The van der Waals surface area contributed by atoms with Crippen LogP contribution in [0.5, 0.6) is 0 Å². The molecule has 0 bridgehead atoms. The zero-order valence-corrected chi connectivity index (χ0v) is 15.6. The molecule has 0 saturated carbocycles. The molecule has 1 heterocycles. The molecule has 1 aliphatic rings. The average Bonchev–Trinajstić information content (AvgIpc) is 2.47. The van der Waals surface area contributed by atoms with Crippen molar-refractivity contribution in [1.29, 1.82) is 0 Å². The predicted octanol–water partition coefficient (Wildman–Crippen LogP) is 5.43. The normalized spacial score (nSPS) is 16.5. The Labute approximate surface area is 157 Å². The molecule has 1 fully saturated rings. The lowest BCUT2D eigenvalue weighted by atomic mass is 9.86. The van der Waals surface area contributed by atoms with E-state index in [9.17, 15) is 0 Å². The van der Waals surface area contributed by atoms with Crippen molar-refractivity contribution in [1.82, 2.24) is 4.90 Å². The largest absolute Gasteiger partial charge is 0.363 e. The van der Waals surface area contributed by atoms with Crippen molar-refractivity contribution >= 4 is 47.2 Å². The lowest BCUT2D eigenvalue weighted by Gasteiger charge is -2.48. The van der Waals surface area contributed by atoms with Gasteiger partial charge in [0.25, 0.3) is 0 Å². The van der Waals surface area contributed by atoms with Gasteiger partial charge < -0.3 is 4.74 Å². The van der Waals surface area contributed by atoms with Crippen molar-refractivity contribution in [2.75, 3.05) is 20.1 Å². The highest BCUT2D eigenvalue weighted by Gasteiger charge is 2.43. The third-order valence-electron chi connectivity index (χ3n) is 3.92. The Morgan fingerprint density at radius 2 is 1.65 bits per heavy atom. The molecule has 3 rings (SSSR count). The highest BCUT2D eigenvalue weighted by atomic mass is 35.5. The van der Waals surface area contributed by atoms with E-state index in [2.05, 4.69) is 11.9 Å². The summed E-state index contributed by atoms with van der Waals surface area (Å²) in [6.07, 6.45) is 0. The summed E-state index contributed by atoms with van der Waals surface area (Å²) >= 11 is 18.0. The smallest absolute Gasteiger partial charge is 0.119 e. The molecular formula is C17H17Cl4NO. The van der Waals surface area contributed by atoms with Crippen LogP contribution in [-0.4, -0.2) is 25.0 Å². The van der Waals surface area contributed by atoms with Crippen LogP contribution < -0.4 is 0 Å². The first kappa shape index (κ1) is 18.9. The third kappa shape index (κ3) is 4.14. The predicted molar refractivity (Wildman–Crippen MR) is 99.1 cm³/mol. The summed E-state index contributed by atoms with van der Waals surface area (Å²) in [7, 11) is 2.08. The van der Waals surface area contributed by atoms with Crippen LogP contribution in [0.3, 0.4) is 0 Å². The summed E-state index contributed by atoms with van der Waals surface area (Å²) in [6, 6.07) is 13.5. The molecule has 1 saturated heterocycles. The number of likely N-dealkylation sites (tertiary alicyclic amines) is 1. The van der Waals surface area contributed by atoms with E-state index in [1.807, 2.05) is 36.4 Å². The van der Waals surface area contributed by atoms with E-state index in [4.69, 9.17) is 39.5 Å². The molecule has 0 radical (unpaired) electrons. The highest BCUT2D eigenvalue weighted by molar-refractivity contribution is 6.42. The van der Waals surface area contributed by atoms with Gasteiger partial charge in [-0.2, -0.15) is 0 Å². The van der Waals surface area contributed by atoms with Crippen LogP contribution in [0, 0.1) is 0 Å². The number of nitrogens with zero attached hydrogens (tertiary/aromatic N) is 1. The number of rotatable bonds is 4. The van der Waals surface area contributed by atoms with Crippen LogP contribution >= 0.6 is 47.2 Å². The molecule has 1 aliphatic heterocycles. The fourth-order valence-electron chi connectivity index (χ4n) is 2.79. The minimum absolute atomic E-state index is 0. The van der Waals surface area contributed by atoms with Crippen LogP contribution in [0.15, 0.2) is 42.5 Å². The van der Waals surface area contributed by atoms with Crippen molar-refractivity contribution < 1.29 is 4.74 Å². The van der Waals surface area contributed by atoms with Crippen molar-refractivity contribution in [3.05, 3.63) is 68.7 Å². The summed E-state index contributed by atoms with van der Waals surface area (Å²) in [6.45, 7) is 2.21. The molecular weight excluding hydrogens is 376 g/mol. The molecule has 2 aromatic carbocycles. The van der Waals surface area contributed by atoms with Crippen molar-refractivity contribution in [3.63, 3.8) is 0 Å². The van der Waals surface area contributed by atoms with Gasteiger partial charge in [0.05, 0.1) is 16.7 Å². The lowest BCUT2D eigenvalue weighted by Crippen LogP contribution is -2.58. The zero-order valence-electron chi connectivity index (χ0n) is 12.6. The second kappa shape index (κ2) is 7.60. The molecule has 0 aliphatic carbocycles. The second-order valence-electron chi connectivity index (χ2n) is 5.71. The van der Waals surface area contributed by atoms with E-state index in [-0.39, 0.29) is 18.0 Å². The van der Waals surface area contributed by atoms with Gasteiger partial charge in [0.2, 0.25) is 0 Å². The Bertz CT molecular complexity index is 669. The van der Waals surface area contributed by atoms with E-state index in [0.29, 0.717) is 16.7 Å². The van der Waals surface area contributed by atoms with E-state index in [0.717, 1.165) is 29.2 Å². The fourth-order valence-corrected chi connectivity index (χ4v) is 3.23. The molecule has 0 N–H and O–H groups in total. The summed E-state index contributed by atoms with van der Waals surface area (Å²) in [5, 5.41) is 1.84. The van der Waals surface area contributed by atoms with Gasteiger partial charge in [0.15, 0.2) is 0 Å². The summed E-state index contributed by atoms with van der Waals surface area (Å²) in [4.78, 5) is 2.23. The number of likely N-dealkylation sites (N-methyl/N-ethyl adjacent to an activating group) is 1. The van der Waals surface area contributed by atoms with Crippen LogP contribution in [0.1, 0.15) is 11.1 Å². The maximum Gasteiger partial charge on any atom is 0.119 e. The highest BCUT2D eigenvalue weighted by Crippen LogP contribution is 2.36. The van der Waals surface area contributed by atoms with Crippen LogP contribution in [-0.2, 0) is 16.9 Å². The van der Waals surface area contributed by atoms with Gasteiger partial charge in [-0.25, -0.2) is 0 Å². The molecule has 23 heavy (non-hydrogen) atoms. The van der Waals surface area contributed by atoms with Gasteiger partial charge in [0, 0.05) is 18.1 Å². The van der Waals surface area contributed by atoms with Gasteiger partial charge in [-0.1, -0.05) is 53.0 Å². The van der Waals surface area contributed by atoms with Gasteiger partial charge in [-0.15, -0.1) is 12.4 Å². The molecule has 2 nitrogen and oxygen atoms in total. The van der Waals surface area contributed by atoms with Crippen LogP contribution in [0.25, 0.3) is 0 Å². The molecule has 0 atom stereocenters. The van der Waals surface area contributed by atoms with E-state index < -0.39 is 0 Å². The Hall–Kier alpha value is -0.480. The first-order chi connectivity index (χ1) is 10.5. The SMILES string of the molecule is CN1CC(OCc2ccc(Cl)c(Cl)c2)(c2ccc(Cl)cc2)C1.Cl. The standard InChI is InChI=1S/C17H16Cl3NO.ClH/c1-21-10-17(11-21,13-3-5-14(18)6-4-13)22-9-12-2-7-15(19)16(20)8-12;/h2-8H,9-11H2,1H3;1H. The molecule has 2 aromatic rings. The minimum atomic E-state index is -0.286. The van der Waals surface area contributed by atoms with E-state index in [1.54, 1.807) is 6.07 Å². The summed E-state index contributed by atoms with van der Waals surface area (Å²) in [5.41, 5.74) is 1.87. The molecule has 0 spiro atoms. The fraction of sp³-hybridized carbons (Fsp3) is 0.294. The van der Waals surface area contributed by atoms with Crippen molar-refractivity contribution in [2.45, 2.75) is 12.2 Å². The Kier molecular flexibility index (Phi) is 6.23. The average molecular weight is 393 g/mol. The topological polar surface area (TPSA) is 12.5 Å². The lowest BCUT2D eigenvalue weighted by molar-refractivity contribution is -0.151. The van der Waals surface area contributed by atoms with Gasteiger partial charge in [-0.3, -0.25) is 4.90 Å². The molecule has 6 heteroatoms. The maximum absolute atomic E-state index is 6.26. The van der Waals surface area contributed by atoms with Gasteiger partial charge >= 0.3 is 0 Å².